The lowest BCUT2D eigenvalue weighted by Crippen LogP contribution is -2.48. The van der Waals surface area contributed by atoms with Crippen LogP contribution in [0.3, 0.4) is 0 Å². The number of hydrogen-bond donors (Lipinski definition) is 2. The van der Waals surface area contributed by atoms with Crippen LogP contribution in [-0.4, -0.2) is 13.0 Å². The van der Waals surface area contributed by atoms with Gasteiger partial charge in [-0.1, -0.05) is 24.6 Å². The Morgan fingerprint density at radius 3 is 1.96 bits per heavy atom. The molecule has 2 rings (SSSR count). The fourth-order valence-electron chi connectivity index (χ4n) is 2.68. The number of halogens is 3. The normalized spacial score (nSPS) is 11.7. The highest BCUT2D eigenvalue weighted by Gasteiger charge is 2.33. The van der Waals surface area contributed by atoms with E-state index in [-0.39, 0.29) is 10.7 Å². The van der Waals surface area contributed by atoms with E-state index >= 15 is 0 Å². The molecule has 4 N–H and O–H groups in total. The Morgan fingerprint density at radius 1 is 1.11 bits per heavy atom. The lowest BCUT2D eigenvalue weighted by atomic mass is 10.1. The Labute approximate surface area is 156 Å². The predicted molar refractivity (Wildman–Crippen MR) is 94.2 cm³/mol. The van der Waals surface area contributed by atoms with E-state index in [1.54, 1.807) is 32.9 Å². The molecule has 0 unspecified atom stereocenters. The molecule has 0 fully saturated rings. The third kappa shape index (κ3) is 5.83. The van der Waals surface area contributed by atoms with Crippen molar-refractivity contribution < 1.29 is 30.8 Å². The number of nitrogens with two attached hydrogens (primary N) is 2. The number of aryl methyl sites for hydroxylation is 4. The lowest BCUT2D eigenvalue weighted by Gasteiger charge is -2.14. The first-order chi connectivity index (χ1) is 12.2. The number of nitrogen functional groups attached to an aromatic ring is 2. The van der Waals surface area contributed by atoms with Gasteiger partial charge in [0.05, 0.1) is 10.5 Å². The fraction of sp³-hybridized carbons (Fsp3) is 0.353. The first kappa shape index (κ1) is 22.7. The largest absolute Gasteiger partial charge is 0.744 e. The molecule has 10 heteroatoms. The van der Waals surface area contributed by atoms with E-state index in [9.17, 15) is 26.1 Å². The zero-order valence-electron chi connectivity index (χ0n) is 15.4. The number of benzene rings is 1. The maximum atomic E-state index is 12.3. The summed E-state index contributed by atoms with van der Waals surface area (Å²) in [6, 6.07) is 4.40. The standard InChI is InChI=1S/C9H12O3S.C8H10F3N3/c1-6-4-7(2)9(8(3)5-6)13(10,11)12;1-2-5-3-6(8(9,10)11)4-14(13)7(5)12/h4-5H,1-3H3,(H,10,11,12);3-4,12H,2,13H2,1H3. The second-order valence-corrected chi connectivity index (χ2v) is 7.40. The molecule has 1 aromatic heterocycles. The van der Waals surface area contributed by atoms with E-state index in [0.717, 1.165) is 22.5 Å². The highest BCUT2D eigenvalue weighted by Crippen LogP contribution is 2.29. The molecule has 0 radical (unpaired) electrons. The number of aromatic nitrogens is 1. The van der Waals surface area contributed by atoms with Gasteiger partial charge in [-0.15, -0.1) is 4.68 Å². The topological polar surface area (TPSA) is 113 Å². The summed E-state index contributed by atoms with van der Waals surface area (Å²) in [5, 5.41) is 0. The van der Waals surface area contributed by atoms with Crippen molar-refractivity contribution in [2.45, 2.75) is 45.2 Å². The second-order valence-electron chi connectivity index (χ2n) is 6.08. The Hall–Kier alpha value is -2.33. The van der Waals surface area contributed by atoms with Crippen molar-refractivity contribution in [3.05, 3.63) is 52.2 Å². The molecular formula is C17H22F3N3O3S. The molecule has 150 valence electrons. The first-order valence-electron chi connectivity index (χ1n) is 7.88. The predicted octanol–water partition coefficient (Wildman–Crippen LogP) is 2.37. The number of anilines is 1. The molecule has 0 amide bonds. The van der Waals surface area contributed by atoms with Gasteiger partial charge in [-0.2, -0.15) is 13.2 Å². The minimum Gasteiger partial charge on any atom is -0.744 e. The Bertz CT molecular complexity index is 919. The number of pyridine rings is 1. The minimum atomic E-state index is -4.39. The van der Waals surface area contributed by atoms with Crippen LogP contribution in [-0.2, 0) is 22.7 Å². The van der Waals surface area contributed by atoms with Gasteiger partial charge in [0.15, 0.2) is 0 Å². The second kappa shape index (κ2) is 8.13. The monoisotopic (exact) mass is 405 g/mol. The van der Waals surface area contributed by atoms with Crippen LogP contribution in [0.25, 0.3) is 0 Å². The summed E-state index contributed by atoms with van der Waals surface area (Å²) >= 11 is 0. The maximum absolute atomic E-state index is 12.3. The van der Waals surface area contributed by atoms with E-state index in [2.05, 4.69) is 0 Å². The van der Waals surface area contributed by atoms with Crippen LogP contribution in [0.15, 0.2) is 29.3 Å². The lowest BCUT2D eigenvalue weighted by molar-refractivity contribution is -0.625. The van der Waals surface area contributed by atoms with E-state index < -0.39 is 21.9 Å². The molecule has 2 aromatic rings. The molecule has 0 saturated heterocycles. The summed E-state index contributed by atoms with van der Waals surface area (Å²) in [6.07, 6.45) is -3.21. The first-order valence-corrected chi connectivity index (χ1v) is 9.29. The molecule has 0 saturated carbocycles. The highest BCUT2D eigenvalue weighted by molar-refractivity contribution is 7.85. The number of hydrogen-bond acceptors (Lipinski definition) is 5. The van der Waals surface area contributed by atoms with Crippen molar-refractivity contribution in [1.82, 2.24) is 0 Å². The van der Waals surface area contributed by atoms with E-state index in [0.29, 0.717) is 23.1 Å². The summed E-state index contributed by atoms with van der Waals surface area (Å²) in [5.74, 6) is 5.44. The van der Waals surface area contributed by atoms with Gasteiger partial charge in [-0.3, -0.25) is 11.6 Å². The SMILES string of the molecule is CCc1cc(C(F)(F)F)c[n+](N)c1N.Cc1cc(C)c(S(=O)(=O)[O-])c(C)c1. The van der Waals surface area contributed by atoms with Crippen LogP contribution in [0.2, 0.25) is 0 Å². The zero-order chi connectivity index (χ0) is 21.2. The molecule has 1 aromatic carbocycles. The molecule has 0 aliphatic rings. The van der Waals surface area contributed by atoms with Crippen LogP contribution in [0, 0.1) is 20.8 Å². The van der Waals surface area contributed by atoms with Crippen molar-refractivity contribution in [1.29, 1.82) is 0 Å². The van der Waals surface area contributed by atoms with Gasteiger partial charge in [-0.25, -0.2) is 8.42 Å². The average Bonchev–Trinajstić information content (AvgIpc) is 2.46. The smallest absolute Gasteiger partial charge is 0.419 e. The molecule has 1 heterocycles. The quantitative estimate of drug-likeness (QED) is 0.452. The summed E-state index contributed by atoms with van der Waals surface area (Å²) in [5.41, 5.74) is 7.08. The van der Waals surface area contributed by atoms with Crippen LogP contribution in [0.4, 0.5) is 19.0 Å². The van der Waals surface area contributed by atoms with Crippen molar-refractivity contribution >= 4 is 15.9 Å². The average molecular weight is 405 g/mol. The summed E-state index contributed by atoms with van der Waals surface area (Å²) in [6.45, 7) is 6.84. The van der Waals surface area contributed by atoms with Gasteiger partial charge in [-0.05, 0) is 44.4 Å². The summed E-state index contributed by atoms with van der Waals surface area (Å²) in [7, 11) is -4.33. The summed E-state index contributed by atoms with van der Waals surface area (Å²) in [4.78, 5) is -0.0851. The molecule has 0 aliphatic heterocycles. The fourth-order valence-corrected chi connectivity index (χ4v) is 3.59. The van der Waals surface area contributed by atoms with Crippen LogP contribution in [0.5, 0.6) is 0 Å². The molecule has 27 heavy (non-hydrogen) atoms. The molecule has 6 nitrogen and oxygen atoms in total. The highest BCUT2D eigenvalue weighted by atomic mass is 32.2. The van der Waals surface area contributed by atoms with Gasteiger partial charge in [0.1, 0.15) is 16.3 Å². The van der Waals surface area contributed by atoms with E-state index in [1.807, 2.05) is 6.92 Å². The third-order valence-electron chi connectivity index (χ3n) is 3.78. The zero-order valence-corrected chi connectivity index (χ0v) is 16.2. The van der Waals surface area contributed by atoms with Gasteiger partial charge < -0.3 is 4.55 Å². The molecule has 0 aliphatic carbocycles. The third-order valence-corrected chi connectivity index (χ3v) is 4.92. The van der Waals surface area contributed by atoms with Crippen LogP contribution < -0.4 is 16.3 Å². The van der Waals surface area contributed by atoms with Crippen molar-refractivity contribution in [2.75, 3.05) is 11.6 Å². The van der Waals surface area contributed by atoms with E-state index in [4.69, 9.17) is 11.6 Å². The van der Waals surface area contributed by atoms with Crippen molar-refractivity contribution in [2.24, 2.45) is 0 Å². The van der Waals surface area contributed by atoms with Crippen LogP contribution in [0.1, 0.15) is 34.7 Å². The van der Waals surface area contributed by atoms with Gasteiger partial charge in [0.2, 0.25) is 0 Å². The van der Waals surface area contributed by atoms with Crippen molar-refractivity contribution in [3.8, 4) is 0 Å². The van der Waals surface area contributed by atoms with Gasteiger partial charge in [0, 0.05) is 5.56 Å². The number of rotatable bonds is 2. The maximum Gasteiger partial charge on any atom is 0.419 e. The number of alkyl halides is 3. The Balaban J connectivity index is 0.000000271. The van der Waals surface area contributed by atoms with Crippen LogP contribution >= 0.6 is 0 Å². The molecule has 0 bridgehead atoms. The number of nitrogens with zero attached hydrogens (tertiary/aromatic N) is 1. The van der Waals surface area contributed by atoms with Crippen molar-refractivity contribution in [3.63, 3.8) is 0 Å². The molecule has 0 spiro atoms. The Morgan fingerprint density at radius 2 is 1.59 bits per heavy atom. The minimum absolute atomic E-state index is 0.0851. The molecule has 0 atom stereocenters. The molecular weight excluding hydrogens is 383 g/mol. The van der Waals surface area contributed by atoms with E-state index in [1.165, 1.54) is 0 Å². The Kier molecular flexibility index (Phi) is 6.84. The summed E-state index contributed by atoms with van der Waals surface area (Å²) < 4.78 is 70.2. The van der Waals surface area contributed by atoms with Gasteiger partial charge >= 0.3 is 6.18 Å². The van der Waals surface area contributed by atoms with Gasteiger partial charge in [0.25, 0.3) is 5.82 Å².